The van der Waals surface area contributed by atoms with Crippen molar-refractivity contribution in [3.05, 3.63) is 17.0 Å². The maximum atomic E-state index is 12.5. The van der Waals surface area contributed by atoms with Crippen LogP contribution in [0.2, 0.25) is 0 Å². The van der Waals surface area contributed by atoms with Crippen LogP contribution in [0, 0.1) is 19.3 Å². The lowest BCUT2D eigenvalue weighted by atomic mass is 9.77. The number of amides is 1. The Morgan fingerprint density at radius 1 is 1.33 bits per heavy atom. The minimum atomic E-state index is 0.0247. The van der Waals surface area contributed by atoms with Gasteiger partial charge in [0, 0.05) is 38.0 Å². The zero-order chi connectivity index (χ0) is 15.6. The fourth-order valence-corrected chi connectivity index (χ4v) is 3.19. The molecule has 118 valence electrons. The minimum Gasteiger partial charge on any atom is -0.396 e. The van der Waals surface area contributed by atoms with E-state index in [1.54, 1.807) is 0 Å². The summed E-state index contributed by atoms with van der Waals surface area (Å²) in [5.74, 6) is 0.178. The first-order chi connectivity index (χ1) is 9.92. The fourth-order valence-electron chi connectivity index (χ4n) is 3.19. The number of hydrogen-bond acceptors (Lipinski definition) is 3. The molecule has 1 amide bonds. The van der Waals surface area contributed by atoms with Crippen molar-refractivity contribution in [2.75, 3.05) is 19.7 Å². The van der Waals surface area contributed by atoms with E-state index in [1.807, 2.05) is 30.5 Å². The van der Waals surface area contributed by atoms with Crippen molar-refractivity contribution in [3.8, 4) is 0 Å². The highest BCUT2D eigenvalue weighted by atomic mass is 16.3. The van der Waals surface area contributed by atoms with Crippen LogP contribution in [0.15, 0.2) is 0 Å². The first-order valence-corrected chi connectivity index (χ1v) is 7.80. The number of carbonyl (C=O) groups is 1. The first kappa shape index (κ1) is 16.0. The average Bonchev–Trinajstić information content (AvgIpc) is 2.73. The summed E-state index contributed by atoms with van der Waals surface area (Å²) in [5.41, 5.74) is 3.09. The maximum Gasteiger partial charge on any atom is 0.227 e. The molecule has 0 atom stereocenters. The molecule has 0 spiro atoms. The number of aromatic nitrogens is 2. The number of aliphatic hydroxyl groups excluding tert-OH is 1. The number of likely N-dealkylation sites (tertiary alicyclic amines) is 1. The summed E-state index contributed by atoms with van der Waals surface area (Å²) in [6.45, 7) is 7.83. The van der Waals surface area contributed by atoms with Gasteiger partial charge >= 0.3 is 0 Å². The van der Waals surface area contributed by atoms with Gasteiger partial charge in [0.15, 0.2) is 0 Å². The molecule has 0 unspecified atom stereocenters. The molecule has 0 radical (unpaired) electrons. The molecule has 0 aliphatic carbocycles. The molecule has 0 aromatic carbocycles. The zero-order valence-electron chi connectivity index (χ0n) is 13.6. The van der Waals surface area contributed by atoms with E-state index in [-0.39, 0.29) is 17.9 Å². The summed E-state index contributed by atoms with van der Waals surface area (Å²) in [4.78, 5) is 14.4. The number of hydrogen-bond donors (Lipinski definition) is 1. The van der Waals surface area contributed by atoms with E-state index >= 15 is 0 Å². The molecule has 1 aromatic heterocycles. The van der Waals surface area contributed by atoms with E-state index in [9.17, 15) is 9.90 Å². The number of aliphatic hydroxyl groups is 1. The number of nitrogens with zero attached hydrogens (tertiary/aromatic N) is 3. The van der Waals surface area contributed by atoms with Gasteiger partial charge in [-0.3, -0.25) is 9.48 Å². The Morgan fingerprint density at radius 3 is 2.38 bits per heavy atom. The summed E-state index contributed by atoms with van der Waals surface area (Å²) >= 11 is 0. The lowest BCUT2D eigenvalue weighted by Crippen LogP contribution is -2.45. The lowest BCUT2D eigenvalue weighted by Gasteiger charge is -2.40. The highest BCUT2D eigenvalue weighted by Gasteiger charge is 2.34. The molecule has 2 rings (SSSR count). The Labute approximate surface area is 126 Å². The van der Waals surface area contributed by atoms with Crippen LogP contribution in [0.1, 0.15) is 43.1 Å². The predicted molar refractivity (Wildman–Crippen MR) is 82.0 cm³/mol. The molecule has 1 aliphatic rings. The van der Waals surface area contributed by atoms with Gasteiger partial charge in [-0.2, -0.15) is 5.10 Å². The average molecular weight is 293 g/mol. The van der Waals surface area contributed by atoms with Gasteiger partial charge < -0.3 is 10.0 Å². The third-order valence-electron chi connectivity index (χ3n) is 5.25. The van der Waals surface area contributed by atoms with E-state index in [2.05, 4.69) is 12.0 Å². The molecule has 1 aliphatic heterocycles. The SMILES string of the molecule is CCC1(CO)CCN(C(=O)Cc2c(C)nn(C)c2C)CC1. The second-order valence-corrected chi connectivity index (χ2v) is 6.34. The molecular weight excluding hydrogens is 266 g/mol. The van der Waals surface area contributed by atoms with E-state index in [1.165, 1.54) is 0 Å². The lowest BCUT2D eigenvalue weighted by molar-refractivity contribution is -0.133. The number of carbonyl (C=O) groups excluding carboxylic acids is 1. The zero-order valence-corrected chi connectivity index (χ0v) is 13.6. The molecule has 0 saturated carbocycles. The highest BCUT2D eigenvalue weighted by Crippen LogP contribution is 2.34. The summed E-state index contributed by atoms with van der Waals surface area (Å²) in [6, 6.07) is 0. The Kier molecular flexibility index (Phi) is 4.71. The van der Waals surface area contributed by atoms with Crippen molar-refractivity contribution >= 4 is 5.91 Å². The highest BCUT2D eigenvalue weighted by molar-refractivity contribution is 5.79. The Balaban J connectivity index is 2.00. The van der Waals surface area contributed by atoms with Crippen LogP contribution in [0.4, 0.5) is 0 Å². The van der Waals surface area contributed by atoms with Gasteiger partial charge in [-0.05, 0) is 38.5 Å². The molecule has 1 aromatic rings. The first-order valence-electron chi connectivity index (χ1n) is 7.80. The van der Waals surface area contributed by atoms with Gasteiger partial charge in [0.2, 0.25) is 5.91 Å². The molecule has 1 N–H and O–H groups in total. The smallest absolute Gasteiger partial charge is 0.227 e. The Hall–Kier alpha value is -1.36. The quantitative estimate of drug-likeness (QED) is 0.917. The van der Waals surface area contributed by atoms with Crippen LogP contribution in [0.3, 0.4) is 0 Å². The van der Waals surface area contributed by atoms with Crippen LogP contribution in [-0.4, -0.2) is 45.4 Å². The fraction of sp³-hybridized carbons (Fsp3) is 0.750. The normalized spacial score (nSPS) is 18.0. The van der Waals surface area contributed by atoms with Gasteiger partial charge in [0.25, 0.3) is 0 Å². The van der Waals surface area contributed by atoms with Crippen molar-refractivity contribution in [3.63, 3.8) is 0 Å². The number of piperidine rings is 1. The van der Waals surface area contributed by atoms with Crippen molar-refractivity contribution in [2.45, 2.75) is 46.5 Å². The van der Waals surface area contributed by atoms with Crippen molar-refractivity contribution in [1.82, 2.24) is 14.7 Å². The second-order valence-electron chi connectivity index (χ2n) is 6.34. The second kappa shape index (κ2) is 6.18. The van der Waals surface area contributed by atoms with Gasteiger partial charge in [0.1, 0.15) is 0 Å². The molecule has 2 heterocycles. The number of rotatable bonds is 4. The van der Waals surface area contributed by atoms with Gasteiger partial charge in [-0.25, -0.2) is 0 Å². The van der Waals surface area contributed by atoms with E-state index < -0.39 is 0 Å². The van der Waals surface area contributed by atoms with Crippen molar-refractivity contribution in [1.29, 1.82) is 0 Å². The molecule has 0 bridgehead atoms. The topological polar surface area (TPSA) is 58.4 Å². The van der Waals surface area contributed by atoms with E-state index in [0.29, 0.717) is 6.42 Å². The standard InChI is InChI=1S/C16H27N3O2/c1-5-16(11-20)6-8-19(9-7-16)15(21)10-14-12(2)17-18(4)13(14)3/h20H,5-11H2,1-4H3. The summed E-state index contributed by atoms with van der Waals surface area (Å²) in [7, 11) is 1.91. The number of aryl methyl sites for hydroxylation is 2. The molecular formula is C16H27N3O2. The predicted octanol–water partition coefficient (Wildman–Crippen LogP) is 1.59. The Bertz CT molecular complexity index is 508. The van der Waals surface area contributed by atoms with Gasteiger partial charge in [-0.15, -0.1) is 0 Å². The third kappa shape index (κ3) is 3.12. The molecule has 1 fully saturated rings. The van der Waals surface area contributed by atoms with E-state index in [4.69, 9.17) is 0 Å². The minimum absolute atomic E-state index is 0.0247. The molecule has 5 nitrogen and oxygen atoms in total. The molecule has 5 heteroatoms. The van der Waals surface area contributed by atoms with Gasteiger partial charge in [-0.1, -0.05) is 6.92 Å². The van der Waals surface area contributed by atoms with Crippen LogP contribution in [0.5, 0.6) is 0 Å². The largest absolute Gasteiger partial charge is 0.396 e. The summed E-state index contributed by atoms with van der Waals surface area (Å²) in [6.07, 6.45) is 3.21. The summed E-state index contributed by atoms with van der Waals surface area (Å²) < 4.78 is 1.84. The van der Waals surface area contributed by atoms with Crippen molar-refractivity contribution in [2.24, 2.45) is 12.5 Å². The maximum absolute atomic E-state index is 12.5. The van der Waals surface area contributed by atoms with E-state index in [0.717, 1.165) is 49.3 Å². The van der Waals surface area contributed by atoms with Gasteiger partial charge in [0.05, 0.1) is 12.1 Å². The van der Waals surface area contributed by atoms with Crippen LogP contribution in [-0.2, 0) is 18.3 Å². The molecule has 21 heavy (non-hydrogen) atoms. The summed E-state index contributed by atoms with van der Waals surface area (Å²) in [5, 5.41) is 13.9. The van der Waals surface area contributed by atoms with Crippen LogP contribution in [0.25, 0.3) is 0 Å². The Morgan fingerprint density at radius 2 is 1.95 bits per heavy atom. The molecule has 1 saturated heterocycles. The third-order valence-corrected chi connectivity index (χ3v) is 5.25. The van der Waals surface area contributed by atoms with Crippen molar-refractivity contribution < 1.29 is 9.90 Å². The monoisotopic (exact) mass is 293 g/mol. The van der Waals surface area contributed by atoms with Crippen LogP contribution >= 0.6 is 0 Å². The van der Waals surface area contributed by atoms with Crippen LogP contribution < -0.4 is 0 Å².